The minimum Gasteiger partial charge on any atom is -0.456 e. The van der Waals surface area contributed by atoms with Crippen LogP contribution in [0, 0.1) is 4.77 Å². The maximum atomic E-state index is 6.27. The third-order valence-corrected chi connectivity index (χ3v) is 5.82. The summed E-state index contributed by atoms with van der Waals surface area (Å²) in [7, 11) is 0. The summed E-state index contributed by atoms with van der Waals surface area (Å²) in [6.45, 7) is 4.53. The summed E-state index contributed by atoms with van der Waals surface area (Å²) in [4.78, 5) is 4.68. The van der Waals surface area contributed by atoms with Gasteiger partial charge in [0.15, 0.2) is 5.58 Å². The van der Waals surface area contributed by atoms with Gasteiger partial charge in [-0.1, -0.05) is 48.2 Å². The Morgan fingerprint density at radius 2 is 2.04 bits per heavy atom. The van der Waals surface area contributed by atoms with Crippen molar-refractivity contribution in [3.63, 3.8) is 0 Å². The average Bonchev–Trinajstić information content (AvgIpc) is 3.03. The van der Waals surface area contributed by atoms with Crippen LogP contribution in [0.15, 0.2) is 52.4 Å². The molecule has 3 aromatic rings. The van der Waals surface area contributed by atoms with Crippen LogP contribution < -0.4 is 0 Å². The van der Waals surface area contributed by atoms with E-state index in [2.05, 4.69) is 40.4 Å². The van der Waals surface area contributed by atoms with Gasteiger partial charge in [-0.15, -0.1) is 6.58 Å². The zero-order valence-corrected chi connectivity index (χ0v) is 15.7. The average molecular weight is 369 g/mol. The van der Waals surface area contributed by atoms with Gasteiger partial charge in [-0.2, -0.15) is 0 Å². The third-order valence-electron chi connectivity index (χ3n) is 4.56. The van der Waals surface area contributed by atoms with E-state index in [1.165, 1.54) is 24.0 Å². The molecule has 1 aliphatic rings. The molecule has 2 aromatic heterocycles. The highest BCUT2D eigenvalue weighted by Crippen LogP contribution is 2.36. The van der Waals surface area contributed by atoms with Gasteiger partial charge in [0, 0.05) is 17.7 Å². The quantitative estimate of drug-likeness (QED) is 0.255. The lowest BCUT2D eigenvalue weighted by atomic mass is 9.98. The number of fused-ring (bicyclic) bond motifs is 3. The first-order valence-corrected chi connectivity index (χ1v) is 10.00. The van der Waals surface area contributed by atoms with Crippen molar-refractivity contribution < 1.29 is 4.42 Å². The number of hydrogen-bond acceptors (Lipinski definition) is 4. The van der Waals surface area contributed by atoms with Crippen molar-refractivity contribution in [2.75, 3.05) is 5.75 Å². The zero-order chi connectivity index (χ0) is 17.2. The predicted molar refractivity (Wildman–Crippen MR) is 106 cm³/mol. The fourth-order valence-electron chi connectivity index (χ4n) is 3.42. The van der Waals surface area contributed by atoms with Gasteiger partial charge in [0.1, 0.15) is 10.8 Å². The molecule has 1 aliphatic carbocycles. The Morgan fingerprint density at radius 3 is 2.84 bits per heavy atom. The van der Waals surface area contributed by atoms with Gasteiger partial charge >= 0.3 is 0 Å². The number of thioether (sulfide) groups is 1. The maximum Gasteiger partial charge on any atom is 0.201 e. The molecule has 0 radical (unpaired) electrons. The maximum absolute atomic E-state index is 6.27. The normalized spacial score (nSPS) is 13.8. The fourth-order valence-corrected chi connectivity index (χ4v) is 4.42. The second kappa shape index (κ2) is 7.18. The molecule has 2 heterocycles. The summed E-state index contributed by atoms with van der Waals surface area (Å²) in [5.74, 6) is 1.91. The summed E-state index contributed by atoms with van der Waals surface area (Å²) in [6.07, 6.45) is 6.34. The van der Waals surface area contributed by atoms with Crippen LogP contribution in [-0.2, 0) is 19.4 Å². The van der Waals surface area contributed by atoms with Crippen LogP contribution in [0.5, 0.6) is 0 Å². The molecular formula is C20H20N2OS2. The van der Waals surface area contributed by atoms with E-state index in [0.717, 1.165) is 47.0 Å². The van der Waals surface area contributed by atoms with Crippen molar-refractivity contribution in [2.24, 2.45) is 0 Å². The molecule has 0 bridgehead atoms. The van der Waals surface area contributed by atoms with Crippen molar-refractivity contribution in [3.8, 4) is 0 Å². The first kappa shape index (κ1) is 16.6. The molecule has 0 unspecified atom stereocenters. The Balaban J connectivity index is 1.92. The van der Waals surface area contributed by atoms with Gasteiger partial charge in [-0.3, -0.25) is 0 Å². The second-order valence-corrected chi connectivity index (χ2v) is 7.63. The van der Waals surface area contributed by atoms with Gasteiger partial charge < -0.3 is 8.98 Å². The summed E-state index contributed by atoms with van der Waals surface area (Å²) in [5.41, 5.74) is 4.58. The highest BCUT2D eigenvalue weighted by molar-refractivity contribution is 7.99. The van der Waals surface area contributed by atoms with Crippen molar-refractivity contribution >= 4 is 35.1 Å². The summed E-state index contributed by atoms with van der Waals surface area (Å²) in [6, 6.07) is 10.4. The molecule has 0 N–H and O–H groups in total. The molecule has 128 valence electrons. The number of hydrogen-bond donors (Lipinski definition) is 0. The number of rotatable bonds is 5. The Morgan fingerprint density at radius 1 is 1.24 bits per heavy atom. The summed E-state index contributed by atoms with van der Waals surface area (Å²) < 4.78 is 9.03. The van der Waals surface area contributed by atoms with Gasteiger partial charge in [-0.25, -0.2) is 4.98 Å². The van der Waals surface area contributed by atoms with E-state index >= 15 is 0 Å². The topological polar surface area (TPSA) is 31.0 Å². The lowest BCUT2D eigenvalue weighted by Crippen LogP contribution is -2.08. The van der Waals surface area contributed by atoms with Crippen LogP contribution in [0.2, 0.25) is 0 Å². The van der Waals surface area contributed by atoms with E-state index in [4.69, 9.17) is 16.6 Å². The van der Waals surface area contributed by atoms with E-state index in [0.29, 0.717) is 4.77 Å². The molecule has 0 saturated carbocycles. The van der Waals surface area contributed by atoms with E-state index in [-0.39, 0.29) is 0 Å². The van der Waals surface area contributed by atoms with Crippen molar-refractivity contribution in [2.45, 2.75) is 37.3 Å². The van der Waals surface area contributed by atoms with Gasteiger partial charge in [0.05, 0.1) is 12.1 Å². The second-order valence-electron chi connectivity index (χ2n) is 6.26. The minimum absolute atomic E-state index is 0.622. The van der Waals surface area contributed by atoms with Crippen LogP contribution in [0.25, 0.3) is 11.1 Å². The minimum atomic E-state index is 0.622. The van der Waals surface area contributed by atoms with Crippen LogP contribution in [0.1, 0.15) is 29.7 Å². The number of nitrogens with zero attached hydrogens (tertiary/aromatic N) is 2. The van der Waals surface area contributed by atoms with Crippen LogP contribution in [-0.4, -0.2) is 15.3 Å². The molecule has 1 aromatic carbocycles. The molecule has 0 aliphatic heterocycles. The first-order valence-electron chi connectivity index (χ1n) is 8.60. The molecule has 0 fully saturated rings. The van der Waals surface area contributed by atoms with E-state index < -0.39 is 0 Å². The number of aryl methyl sites for hydroxylation is 2. The molecule has 5 heteroatoms. The summed E-state index contributed by atoms with van der Waals surface area (Å²) in [5, 5.41) is 0.888. The SMILES string of the molecule is C=CCSc1nc(=S)n(Cc2ccccc2)c2c3c(oc12)CCCC3. The smallest absolute Gasteiger partial charge is 0.201 e. The van der Waals surface area contributed by atoms with Crippen molar-refractivity contribution in [3.05, 3.63) is 64.6 Å². The van der Waals surface area contributed by atoms with Crippen molar-refractivity contribution in [1.82, 2.24) is 9.55 Å². The largest absolute Gasteiger partial charge is 0.456 e. The molecule has 0 amide bonds. The fraction of sp³-hybridized carbons (Fsp3) is 0.300. The highest BCUT2D eigenvalue weighted by atomic mass is 32.2. The van der Waals surface area contributed by atoms with E-state index in [9.17, 15) is 0 Å². The standard InChI is InChI=1S/C20H20N2OS2/c1-2-12-25-19-18-17(15-10-6-7-11-16(15)23-18)22(20(24)21-19)13-14-8-4-3-5-9-14/h2-5,8-9H,1,6-7,10-13H2. The zero-order valence-electron chi connectivity index (χ0n) is 14.0. The molecule has 4 rings (SSSR count). The molecule has 0 saturated heterocycles. The Hall–Kier alpha value is -1.85. The van der Waals surface area contributed by atoms with Gasteiger partial charge in [0.2, 0.25) is 4.77 Å². The molecular weight excluding hydrogens is 348 g/mol. The van der Waals surface area contributed by atoms with Crippen LogP contribution in [0.3, 0.4) is 0 Å². The van der Waals surface area contributed by atoms with Gasteiger partial charge in [0.25, 0.3) is 0 Å². The van der Waals surface area contributed by atoms with E-state index in [1.807, 2.05) is 12.1 Å². The predicted octanol–water partition coefficient (Wildman–Crippen LogP) is 5.56. The number of aromatic nitrogens is 2. The first-order chi connectivity index (χ1) is 12.3. The number of benzene rings is 1. The highest BCUT2D eigenvalue weighted by Gasteiger charge is 2.23. The van der Waals surface area contributed by atoms with Crippen LogP contribution >= 0.6 is 24.0 Å². The molecule has 0 spiro atoms. The Labute approximate surface area is 156 Å². The lowest BCUT2D eigenvalue weighted by molar-refractivity contribution is 0.500. The van der Waals surface area contributed by atoms with Gasteiger partial charge in [-0.05, 0) is 37.0 Å². The van der Waals surface area contributed by atoms with Crippen molar-refractivity contribution in [1.29, 1.82) is 0 Å². The number of furan rings is 1. The molecule has 0 atom stereocenters. The third kappa shape index (κ3) is 3.18. The Bertz CT molecular complexity index is 973. The van der Waals surface area contributed by atoms with E-state index in [1.54, 1.807) is 11.8 Å². The monoisotopic (exact) mass is 368 g/mol. The summed E-state index contributed by atoms with van der Waals surface area (Å²) >= 11 is 7.30. The van der Waals surface area contributed by atoms with Crippen LogP contribution in [0.4, 0.5) is 0 Å². The molecule has 25 heavy (non-hydrogen) atoms. The molecule has 3 nitrogen and oxygen atoms in total. The Kier molecular flexibility index (Phi) is 4.77. The lowest BCUT2D eigenvalue weighted by Gasteiger charge is -2.13.